The maximum Gasteiger partial charge on any atom is 0.411 e. The molecule has 0 radical (unpaired) electrons. The summed E-state index contributed by atoms with van der Waals surface area (Å²) in [7, 11) is 0. The van der Waals surface area contributed by atoms with Crippen molar-refractivity contribution in [1.82, 2.24) is 19.2 Å². The van der Waals surface area contributed by atoms with Gasteiger partial charge in [-0.3, -0.25) is 5.73 Å². The number of halogens is 1. The van der Waals surface area contributed by atoms with Crippen LogP contribution in [-0.2, 0) is 17.9 Å². The first-order valence-corrected chi connectivity index (χ1v) is 10.7. The number of rotatable bonds is 5. The lowest BCUT2D eigenvalue weighted by molar-refractivity contribution is -0.351. The van der Waals surface area contributed by atoms with Crippen molar-refractivity contribution >= 4 is 23.2 Å². The Bertz CT molecular complexity index is 1350. The second kappa shape index (κ2) is 8.34. The number of nitrogens with zero attached hydrogens (tertiary/aromatic N) is 4. The fourth-order valence-electron chi connectivity index (χ4n) is 4.12. The molecule has 5 rings (SSSR count). The van der Waals surface area contributed by atoms with Gasteiger partial charge in [0.25, 0.3) is 0 Å². The van der Waals surface area contributed by atoms with Gasteiger partial charge in [0.2, 0.25) is 5.65 Å². The van der Waals surface area contributed by atoms with Gasteiger partial charge in [0.05, 0.1) is 30.5 Å². The summed E-state index contributed by atoms with van der Waals surface area (Å²) in [6, 6.07) is 13.0. The Hall–Kier alpha value is -3.27. The molecule has 1 fully saturated rings. The second-order valence-electron chi connectivity index (χ2n) is 7.71. The molecule has 4 N–H and O–H groups in total. The van der Waals surface area contributed by atoms with E-state index in [9.17, 15) is 9.90 Å². The number of nitrogens with two attached hydrogens (primary N) is 1. The molecule has 1 aliphatic rings. The third-order valence-corrected chi connectivity index (χ3v) is 5.76. The van der Waals surface area contributed by atoms with E-state index >= 15 is 0 Å². The van der Waals surface area contributed by atoms with Crippen LogP contribution in [0.1, 0.15) is 18.5 Å². The number of fused-ring (bicyclic) bond motifs is 1. The molecule has 1 aliphatic heterocycles. The molecule has 0 saturated carbocycles. The zero-order chi connectivity index (χ0) is 22.2. The van der Waals surface area contributed by atoms with Crippen LogP contribution < -0.4 is 16.4 Å². The SMILES string of the molecule is Nc1[nH+]c(-c2ccccc2)c(-c2cc(Cl)nc(CO)c2)c2nn(C[C@H]3CCCO3)c(=O)n12. The van der Waals surface area contributed by atoms with Crippen LogP contribution in [0.25, 0.3) is 28.0 Å². The number of nitrogens with one attached hydrogen (secondary N) is 1. The molecule has 0 amide bonds. The van der Waals surface area contributed by atoms with Crippen LogP contribution in [-0.4, -0.2) is 37.0 Å². The Morgan fingerprint density at radius 3 is 2.78 bits per heavy atom. The van der Waals surface area contributed by atoms with Gasteiger partial charge in [0.1, 0.15) is 10.8 Å². The maximum absolute atomic E-state index is 13.2. The smallest absolute Gasteiger partial charge is 0.390 e. The molecule has 0 spiro atoms. The van der Waals surface area contributed by atoms with E-state index in [-0.39, 0.29) is 29.5 Å². The molecule has 164 valence electrons. The summed E-state index contributed by atoms with van der Waals surface area (Å²) >= 11 is 6.24. The molecule has 9 nitrogen and oxygen atoms in total. The van der Waals surface area contributed by atoms with Crippen LogP contribution in [0.4, 0.5) is 5.95 Å². The Morgan fingerprint density at radius 1 is 1.25 bits per heavy atom. The molecular formula is C22H22ClN6O3+. The minimum Gasteiger partial charge on any atom is -0.390 e. The first-order chi connectivity index (χ1) is 15.5. The lowest BCUT2D eigenvalue weighted by Gasteiger charge is -2.10. The van der Waals surface area contributed by atoms with Crippen LogP contribution in [0.2, 0.25) is 5.15 Å². The number of aromatic nitrogens is 5. The first kappa shape index (κ1) is 20.6. The molecule has 32 heavy (non-hydrogen) atoms. The molecule has 1 aromatic carbocycles. The van der Waals surface area contributed by atoms with Crippen LogP contribution >= 0.6 is 11.6 Å². The average molecular weight is 454 g/mol. The molecular weight excluding hydrogens is 432 g/mol. The second-order valence-corrected chi connectivity index (χ2v) is 8.10. The van der Waals surface area contributed by atoms with Crippen molar-refractivity contribution < 1.29 is 14.8 Å². The monoisotopic (exact) mass is 453 g/mol. The Kier molecular flexibility index (Phi) is 5.38. The minimum atomic E-state index is -0.354. The van der Waals surface area contributed by atoms with E-state index in [1.54, 1.807) is 12.1 Å². The van der Waals surface area contributed by atoms with Gasteiger partial charge in [-0.1, -0.05) is 41.9 Å². The van der Waals surface area contributed by atoms with Gasteiger partial charge in [-0.25, -0.2) is 14.8 Å². The molecule has 3 aromatic heterocycles. The highest BCUT2D eigenvalue weighted by atomic mass is 35.5. The number of aromatic amines is 1. The number of aliphatic hydroxyl groups is 1. The Morgan fingerprint density at radius 2 is 2.06 bits per heavy atom. The average Bonchev–Trinajstić information content (AvgIpc) is 3.42. The Balaban J connectivity index is 1.81. The molecule has 10 heteroatoms. The van der Waals surface area contributed by atoms with E-state index in [1.807, 2.05) is 30.3 Å². The lowest BCUT2D eigenvalue weighted by atomic mass is 10.00. The van der Waals surface area contributed by atoms with E-state index in [4.69, 9.17) is 22.1 Å². The third kappa shape index (κ3) is 3.64. The maximum atomic E-state index is 13.2. The van der Waals surface area contributed by atoms with Gasteiger partial charge in [-0.15, -0.1) is 9.50 Å². The number of H-pyrrole nitrogens is 1. The van der Waals surface area contributed by atoms with Gasteiger partial charge < -0.3 is 9.84 Å². The van der Waals surface area contributed by atoms with E-state index < -0.39 is 0 Å². The van der Waals surface area contributed by atoms with E-state index in [2.05, 4.69) is 15.1 Å². The number of nitrogen functional groups attached to an aromatic ring is 1. The normalized spacial score (nSPS) is 16.1. The largest absolute Gasteiger partial charge is 0.411 e. The molecule has 1 saturated heterocycles. The number of ether oxygens (including phenoxy) is 1. The summed E-state index contributed by atoms with van der Waals surface area (Å²) in [5.41, 5.74) is 9.55. The van der Waals surface area contributed by atoms with E-state index in [1.165, 1.54) is 9.08 Å². The van der Waals surface area contributed by atoms with Crippen LogP contribution in [0.5, 0.6) is 0 Å². The molecule has 0 bridgehead atoms. The number of anilines is 1. The molecule has 4 heterocycles. The first-order valence-electron chi connectivity index (χ1n) is 10.3. The fraction of sp³-hybridized carbons (Fsp3) is 0.273. The summed E-state index contributed by atoms with van der Waals surface area (Å²) in [6.07, 6.45) is 1.78. The third-order valence-electron chi connectivity index (χ3n) is 5.57. The Labute approximate surface area is 188 Å². The number of pyridine rings is 1. The number of hydrogen-bond acceptors (Lipinski definition) is 6. The van der Waals surface area contributed by atoms with Crippen molar-refractivity contribution in [2.45, 2.75) is 32.1 Å². The number of hydrogen-bond donors (Lipinski definition) is 2. The molecule has 0 unspecified atom stereocenters. The highest BCUT2D eigenvalue weighted by Crippen LogP contribution is 2.33. The van der Waals surface area contributed by atoms with E-state index in [0.717, 1.165) is 18.4 Å². The molecule has 0 aliphatic carbocycles. The summed E-state index contributed by atoms with van der Waals surface area (Å²) in [4.78, 5) is 20.5. The van der Waals surface area contributed by atoms with E-state index in [0.29, 0.717) is 41.3 Å². The van der Waals surface area contributed by atoms with Crippen molar-refractivity contribution in [1.29, 1.82) is 0 Å². The minimum absolute atomic E-state index is 0.0591. The van der Waals surface area contributed by atoms with Crippen molar-refractivity contribution in [2.75, 3.05) is 12.3 Å². The standard InChI is InChI=1S/C22H21ClN6O3/c23-17-10-14(9-15(12-30)25-17)18-19(13-5-2-1-3-6-13)26-21(24)29-20(18)27-28(22(29)31)11-16-7-4-8-32-16/h1-3,5-6,9-10,16,30H,4,7-8,11-12H2,(H2,24,26)/p+1/t16-/m1/s1. The summed E-state index contributed by atoms with van der Waals surface area (Å²) in [5, 5.41) is 14.5. The predicted molar refractivity (Wildman–Crippen MR) is 119 cm³/mol. The fourth-order valence-corrected chi connectivity index (χ4v) is 4.34. The molecule has 1 atom stereocenters. The van der Waals surface area contributed by atoms with Crippen LogP contribution in [0, 0.1) is 0 Å². The number of aliphatic hydroxyl groups excluding tert-OH is 1. The van der Waals surface area contributed by atoms with Gasteiger partial charge >= 0.3 is 11.6 Å². The summed E-state index contributed by atoms with van der Waals surface area (Å²) in [6.45, 7) is 0.758. The highest BCUT2D eigenvalue weighted by Gasteiger charge is 2.27. The van der Waals surface area contributed by atoms with Gasteiger partial charge in [0.15, 0.2) is 0 Å². The summed E-state index contributed by atoms with van der Waals surface area (Å²) < 4.78 is 8.43. The zero-order valence-electron chi connectivity index (χ0n) is 17.2. The summed E-state index contributed by atoms with van der Waals surface area (Å²) in [5.74, 6) is 0.161. The van der Waals surface area contributed by atoms with Crippen molar-refractivity contribution in [2.24, 2.45) is 0 Å². The van der Waals surface area contributed by atoms with Crippen LogP contribution in [0.3, 0.4) is 0 Å². The van der Waals surface area contributed by atoms with Gasteiger partial charge in [-0.2, -0.15) is 4.68 Å². The van der Waals surface area contributed by atoms with Crippen molar-refractivity contribution in [3.8, 4) is 22.4 Å². The predicted octanol–water partition coefficient (Wildman–Crippen LogP) is 1.95. The zero-order valence-corrected chi connectivity index (χ0v) is 17.9. The molecule has 4 aromatic rings. The quantitative estimate of drug-likeness (QED) is 0.445. The van der Waals surface area contributed by atoms with Crippen molar-refractivity contribution in [3.05, 3.63) is 63.8 Å². The lowest BCUT2D eigenvalue weighted by Crippen LogP contribution is -2.30. The topological polar surface area (TPSA) is 122 Å². The van der Waals surface area contributed by atoms with Gasteiger partial charge in [-0.05, 0) is 30.5 Å². The van der Waals surface area contributed by atoms with Gasteiger partial charge in [0, 0.05) is 12.2 Å². The van der Waals surface area contributed by atoms with Crippen molar-refractivity contribution in [3.63, 3.8) is 0 Å². The van der Waals surface area contributed by atoms with Crippen LogP contribution in [0.15, 0.2) is 47.3 Å². The number of benzene rings is 1. The highest BCUT2D eigenvalue weighted by molar-refractivity contribution is 6.29.